The molecule has 0 radical (unpaired) electrons. The molecule has 0 aliphatic heterocycles. The van der Waals surface area contributed by atoms with Crippen LogP contribution < -0.4 is 0 Å². The van der Waals surface area contributed by atoms with E-state index in [9.17, 15) is 0 Å². The SMILES string of the molecule is CC(=Nc1c(C)c(C)c(C)c(C)c1C)c1nc(C(C)=Nc2c(C)c(C)c(C)c(C)c2C)c(C)c(C)c1C. The number of hydrogen-bond acceptors (Lipinski definition) is 3. The molecule has 0 N–H and O–H groups in total. The van der Waals surface area contributed by atoms with Crippen molar-refractivity contribution in [3.05, 3.63) is 83.7 Å². The van der Waals surface area contributed by atoms with Crippen LogP contribution in [0.4, 0.5) is 11.4 Å². The molecule has 2 aromatic carbocycles. The van der Waals surface area contributed by atoms with Crippen molar-refractivity contribution in [1.29, 1.82) is 0 Å². The van der Waals surface area contributed by atoms with Gasteiger partial charge in [-0.1, -0.05) is 0 Å². The van der Waals surface area contributed by atoms with Crippen molar-refractivity contribution in [1.82, 2.24) is 4.98 Å². The summed E-state index contributed by atoms with van der Waals surface area (Å²) in [4.78, 5) is 15.6. The summed E-state index contributed by atoms with van der Waals surface area (Å²) in [6, 6.07) is 0. The fourth-order valence-electron chi connectivity index (χ4n) is 5.36. The van der Waals surface area contributed by atoms with Gasteiger partial charge in [0.15, 0.2) is 0 Å². The molecule has 0 atom stereocenters. The number of pyridine rings is 1. The quantitative estimate of drug-likeness (QED) is 0.332. The zero-order valence-corrected chi connectivity index (χ0v) is 25.8. The van der Waals surface area contributed by atoms with Crippen LogP contribution in [0.5, 0.6) is 0 Å². The van der Waals surface area contributed by atoms with Gasteiger partial charge in [-0.3, -0.25) is 9.98 Å². The Balaban J connectivity index is 2.25. The van der Waals surface area contributed by atoms with Crippen molar-refractivity contribution in [3.8, 4) is 0 Å². The van der Waals surface area contributed by atoms with Gasteiger partial charge in [-0.05, 0) is 176 Å². The smallest absolute Gasteiger partial charge is 0.0881 e. The summed E-state index contributed by atoms with van der Waals surface area (Å²) in [7, 11) is 0. The summed E-state index contributed by atoms with van der Waals surface area (Å²) in [5.41, 5.74) is 22.5. The first kappa shape index (κ1) is 28.5. The van der Waals surface area contributed by atoms with Crippen LogP contribution in [0.3, 0.4) is 0 Å². The van der Waals surface area contributed by atoms with E-state index < -0.39 is 0 Å². The van der Waals surface area contributed by atoms with Gasteiger partial charge in [0.05, 0.1) is 34.2 Å². The Morgan fingerprint density at radius 2 is 0.568 bits per heavy atom. The van der Waals surface area contributed by atoms with Crippen molar-refractivity contribution < 1.29 is 0 Å². The van der Waals surface area contributed by atoms with Crippen LogP contribution in [-0.2, 0) is 0 Å². The molecule has 37 heavy (non-hydrogen) atoms. The molecule has 0 fully saturated rings. The number of hydrogen-bond donors (Lipinski definition) is 0. The highest BCUT2D eigenvalue weighted by Crippen LogP contribution is 2.35. The van der Waals surface area contributed by atoms with Crippen molar-refractivity contribution in [3.63, 3.8) is 0 Å². The normalized spacial score (nSPS) is 12.5. The summed E-state index contributed by atoms with van der Waals surface area (Å²) in [6.45, 7) is 32.6. The molecule has 0 bridgehead atoms. The van der Waals surface area contributed by atoms with Gasteiger partial charge >= 0.3 is 0 Å². The predicted molar refractivity (Wildman–Crippen MR) is 162 cm³/mol. The molecule has 3 aromatic rings. The lowest BCUT2D eigenvalue weighted by Crippen LogP contribution is -2.13. The average molecular weight is 496 g/mol. The first-order valence-corrected chi connectivity index (χ1v) is 13.3. The first-order valence-electron chi connectivity index (χ1n) is 13.3. The van der Waals surface area contributed by atoms with Gasteiger partial charge < -0.3 is 0 Å². The standard InChI is InChI=1S/C34H45N3/c1-16-18(3)23(8)31(24(9)19(16)4)35-29(14)33-27(12)22(7)28(13)34(37-33)30(15)36-32-25(10)20(5)17(2)21(6)26(32)11/h1-15H3. The summed E-state index contributed by atoms with van der Waals surface area (Å²) in [6.07, 6.45) is 0. The highest BCUT2D eigenvalue weighted by Gasteiger charge is 2.19. The molecular formula is C34H45N3. The van der Waals surface area contributed by atoms with Crippen LogP contribution >= 0.6 is 0 Å². The zero-order chi connectivity index (χ0) is 28.1. The maximum atomic E-state index is 5.21. The van der Waals surface area contributed by atoms with Gasteiger partial charge in [0, 0.05) is 0 Å². The molecule has 196 valence electrons. The Morgan fingerprint density at radius 1 is 0.351 bits per heavy atom. The predicted octanol–water partition coefficient (Wildman–Crippen LogP) is 9.37. The lowest BCUT2D eigenvalue weighted by molar-refractivity contribution is 1.11. The molecule has 0 aliphatic carbocycles. The second-order valence-corrected chi connectivity index (χ2v) is 11.0. The second kappa shape index (κ2) is 10.4. The lowest BCUT2D eigenvalue weighted by atomic mass is 9.92. The zero-order valence-electron chi connectivity index (χ0n) is 25.8. The van der Waals surface area contributed by atoms with Crippen LogP contribution in [0.15, 0.2) is 9.98 Å². The first-order chi connectivity index (χ1) is 17.1. The average Bonchev–Trinajstić information content (AvgIpc) is 2.87. The van der Waals surface area contributed by atoms with E-state index in [0.717, 1.165) is 34.2 Å². The lowest BCUT2D eigenvalue weighted by Gasteiger charge is -2.19. The molecule has 3 rings (SSSR count). The molecule has 0 amide bonds. The van der Waals surface area contributed by atoms with Gasteiger partial charge in [-0.2, -0.15) is 0 Å². The minimum absolute atomic E-state index is 0.942. The Bertz CT molecular complexity index is 1330. The van der Waals surface area contributed by atoms with Crippen molar-refractivity contribution >= 4 is 22.8 Å². The Labute approximate surface area is 225 Å². The van der Waals surface area contributed by atoms with E-state index in [1.165, 1.54) is 72.3 Å². The molecular weight excluding hydrogens is 450 g/mol. The van der Waals surface area contributed by atoms with Crippen LogP contribution in [0, 0.1) is 90.0 Å². The Kier molecular flexibility index (Phi) is 7.98. The van der Waals surface area contributed by atoms with Gasteiger partial charge in [-0.15, -0.1) is 0 Å². The molecule has 1 heterocycles. The number of aliphatic imine (C=N–C) groups is 2. The number of nitrogens with zero attached hydrogens (tertiary/aromatic N) is 3. The van der Waals surface area contributed by atoms with Crippen molar-refractivity contribution in [2.45, 2.75) is 104 Å². The molecule has 0 aliphatic rings. The maximum Gasteiger partial charge on any atom is 0.0881 e. The minimum atomic E-state index is 0.942. The highest BCUT2D eigenvalue weighted by atomic mass is 14.8. The molecule has 0 spiro atoms. The van der Waals surface area contributed by atoms with E-state index in [0.29, 0.717) is 0 Å². The third-order valence-electron chi connectivity index (χ3n) is 9.22. The van der Waals surface area contributed by atoms with Gasteiger partial charge in [0.1, 0.15) is 0 Å². The van der Waals surface area contributed by atoms with E-state index in [1.54, 1.807) is 0 Å². The number of aromatic nitrogens is 1. The van der Waals surface area contributed by atoms with E-state index in [2.05, 4.69) is 104 Å². The number of rotatable bonds is 4. The minimum Gasteiger partial charge on any atom is -0.251 e. The van der Waals surface area contributed by atoms with Gasteiger partial charge in [0.2, 0.25) is 0 Å². The molecule has 0 saturated carbocycles. The van der Waals surface area contributed by atoms with Gasteiger partial charge in [-0.25, -0.2) is 4.98 Å². The molecule has 3 nitrogen and oxygen atoms in total. The second-order valence-electron chi connectivity index (χ2n) is 11.0. The van der Waals surface area contributed by atoms with Crippen LogP contribution in [0.2, 0.25) is 0 Å². The maximum absolute atomic E-state index is 5.21. The van der Waals surface area contributed by atoms with E-state index >= 15 is 0 Å². The highest BCUT2D eigenvalue weighted by molar-refractivity contribution is 6.04. The third kappa shape index (κ3) is 4.81. The third-order valence-corrected chi connectivity index (χ3v) is 9.22. The summed E-state index contributed by atoms with van der Waals surface area (Å²) in [5.74, 6) is 0. The van der Waals surface area contributed by atoms with Crippen LogP contribution in [0.25, 0.3) is 0 Å². The molecule has 1 aromatic heterocycles. The van der Waals surface area contributed by atoms with Crippen molar-refractivity contribution in [2.24, 2.45) is 9.98 Å². The monoisotopic (exact) mass is 495 g/mol. The summed E-state index contributed by atoms with van der Waals surface area (Å²) in [5, 5.41) is 0. The topological polar surface area (TPSA) is 37.6 Å². The molecule has 3 heteroatoms. The molecule has 0 saturated heterocycles. The van der Waals surface area contributed by atoms with Crippen LogP contribution in [-0.4, -0.2) is 16.4 Å². The van der Waals surface area contributed by atoms with E-state index in [-0.39, 0.29) is 0 Å². The number of benzene rings is 2. The summed E-state index contributed by atoms with van der Waals surface area (Å²) >= 11 is 0. The summed E-state index contributed by atoms with van der Waals surface area (Å²) < 4.78 is 0. The Morgan fingerprint density at radius 3 is 0.838 bits per heavy atom. The largest absolute Gasteiger partial charge is 0.251 e. The fourth-order valence-corrected chi connectivity index (χ4v) is 5.36. The fraction of sp³-hybridized carbons (Fsp3) is 0.441. The van der Waals surface area contributed by atoms with Crippen molar-refractivity contribution in [2.75, 3.05) is 0 Å². The Hall–Kier alpha value is -3.07. The molecule has 0 unspecified atom stereocenters. The van der Waals surface area contributed by atoms with Gasteiger partial charge in [0.25, 0.3) is 0 Å². The van der Waals surface area contributed by atoms with Crippen LogP contribution in [0.1, 0.15) is 97.6 Å². The van der Waals surface area contributed by atoms with E-state index in [1.807, 2.05) is 0 Å². The van der Waals surface area contributed by atoms with E-state index in [4.69, 9.17) is 15.0 Å².